The Morgan fingerprint density at radius 1 is 1.32 bits per heavy atom. The molecule has 2 saturated heterocycles. The summed E-state index contributed by atoms with van der Waals surface area (Å²) in [6.07, 6.45) is 0.325. The highest BCUT2D eigenvalue weighted by Crippen LogP contribution is 2.38. The van der Waals surface area contributed by atoms with Crippen molar-refractivity contribution in [1.29, 1.82) is 0 Å². The van der Waals surface area contributed by atoms with Crippen LogP contribution in [0.25, 0.3) is 0 Å². The summed E-state index contributed by atoms with van der Waals surface area (Å²) in [5.74, 6) is 0.153. The van der Waals surface area contributed by atoms with E-state index in [1.807, 2.05) is 6.92 Å². The zero-order valence-electron chi connectivity index (χ0n) is 10.5. The third-order valence-corrected chi connectivity index (χ3v) is 5.91. The summed E-state index contributed by atoms with van der Waals surface area (Å²) in [6.45, 7) is 1.88. The number of anilines is 1. The van der Waals surface area contributed by atoms with Gasteiger partial charge in [-0.1, -0.05) is 11.6 Å². The second-order valence-corrected chi connectivity index (χ2v) is 7.89. The molecule has 0 saturated carbocycles. The Balaban J connectivity index is 2.02. The van der Waals surface area contributed by atoms with Crippen LogP contribution in [0.2, 0.25) is 5.02 Å². The summed E-state index contributed by atoms with van der Waals surface area (Å²) in [5.41, 5.74) is 1.67. The molecule has 102 valence electrons. The van der Waals surface area contributed by atoms with Crippen LogP contribution < -0.4 is 4.90 Å². The Morgan fingerprint density at radius 3 is 2.74 bits per heavy atom. The Kier molecular flexibility index (Phi) is 2.87. The maximum atomic E-state index is 12.1. The molecule has 0 radical (unpaired) electrons. The van der Waals surface area contributed by atoms with Crippen LogP contribution in [0.4, 0.5) is 5.69 Å². The fraction of sp³-hybridized carbons (Fsp3) is 0.462. The van der Waals surface area contributed by atoms with E-state index in [0.717, 1.165) is 11.3 Å². The van der Waals surface area contributed by atoms with Crippen molar-refractivity contribution >= 4 is 33.0 Å². The molecule has 2 fully saturated rings. The number of aryl methyl sites for hydroxylation is 1. The third kappa shape index (κ3) is 2.15. The lowest BCUT2D eigenvalue weighted by atomic mass is 10.0. The van der Waals surface area contributed by atoms with Gasteiger partial charge in [-0.3, -0.25) is 4.79 Å². The van der Waals surface area contributed by atoms with Crippen LogP contribution in [-0.2, 0) is 14.6 Å². The van der Waals surface area contributed by atoms with E-state index in [1.165, 1.54) is 0 Å². The summed E-state index contributed by atoms with van der Waals surface area (Å²) in [5, 5.41) is 0.614. The summed E-state index contributed by atoms with van der Waals surface area (Å²) in [4.78, 5) is 13.8. The minimum Gasteiger partial charge on any atom is -0.308 e. The number of amides is 1. The summed E-state index contributed by atoms with van der Waals surface area (Å²) in [7, 11) is -3.01. The fourth-order valence-corrected chi connectivity index (χ4v) is 5.39. The Morgan fingerprint density at radius 2 is 2.05 bits per heavy atom. The molecule has 6 heteroatoms. The van der Waals surface area contributed by atoms with Crippen molar-refractivity contribution < 1.29 is 13.2 Å². The van der Waals surface area contributed by atoms with Crippen LogP contribution >= 0.6 is 11.6 Å². The Hall–Kier alpha value is -1.07. The number of benzene rings is 1. The molecule has 1 aromatic carbocycles. The van der Waals surface area contributed by atoms with Gasteiger partial charge < -0.3 is 4.90 Å². The van der Waals surface area contributed by atoms with E-state index in [0.29, 0.717) is 11.4 Å². The van der Waals surface area contributed by atoms with E-state index in [-0.39, 0.29) is 29.4 Å². The van der Waals surface area contributed by atoms with Gasteiger partial charge in [0.15, 0.2) is 9.84 Å². The van der Waals surface area contributed by atoms with E-state index < -0.39 is 9.84 Å². The average molecular weight is 300 g/mol. The average Bonchev–Trinajstić information content (AvgIpc) is 2.70. The number of halogens is 1. The van der Waals surface area contributed by atoms with E-state index in [2.05, 4.69) is 0 Å². The maximum absolute atomic E-state index is 12.1. The number of carbonyl (C=O) groups is 1. The van der Waals surface area contributed by atoms with Gasteiger partial charge in [0.05, 0.1) is 17.5 Å². The number of rotatable bonds is 1. The SMILES string of the molecule is Cc1cc(Cl)ccc1N1C(=O)C[C@H]2CS(=O)(=O)C[C@@H]21. The lowest BCUT2D eigenvalue weighted by Crippen LogP contribution is -2.36. The predicted molar refractivity (Wildman–Crippen MR) is 74.2 cm³/mol. The fourth-order valence-electron chi connectivity index (χ4n) is 3.09. The highest BCUT2D eigenvalue weighted by molar-refractivity contribution is 7.91. The quantitative estimate of drug-likeness (QED) is 0.794. The molecular weight excluding hydrogens is 286 g/mol. The zero-order chi connectivity index (χ0) is 13.8. The highest BCUT2D eigenvalue weighted by Gasteiger charge is 2.49. The molecule has 3 rings (SSSR count). The van der Waals surface area contributed by atoms with E-state index >= 15 is 0 Å². The van der Waals surface area contributed by atoms with Crippen molar-refractivity contribution in [3.63, 3.8) is 0 Å². The van der Waals surface area contributed by atoms with Gasteiger partial charge in [-0.2, -0.15) is 0 Å². The first-order chi connectivity index (χ1) is 8.87. The second kappa shape index (κ2) is 4.21. The molecule has 0 unspecified atom stereocenters. The van der Waals surface area contributed by atoms with Gasteiger partial charge in [-0.05, 0) is 30.7 Å². The van der Waals surface area contributed by atoms with Crippen molar-refractivity contribution in [2.24, 2.45) is 5.92 Å². The number of nitrogens with zero attached hydrogens (tertiary/aromatic N) is 1. The summed E-state index contributed by atoms with van der Waals surface area (Å²) >= 11 is 5.92. The Bertz CT molecular complexity index is 656. The van der Waals surface area contributed by atoms with Crippen molar-refractivity contribution in [2.45, 2.75) is 19.4 Å². The molecule has 1 aromatic rings. The van der Waals surface area contributed by atoms with Gasteiger partial charge in [-0.25, -0.2) is 8.42 Å². The highest BCUT2D eigenvalue weighted by atomic mass is 35.5. The molecule has 2 heterocycles. The van der Waals surface area contributed by atoms with Crippen molar-refractivity contribution in [3.05, 3.63) is 28.8 Å². The van der Waals surface area contributed by atoms with E-state index in [1.54, 1.807) is 23.1 Å². The molecule has 0 spiro atoms. The van der Waals surface area contributed by atoms with Gasteiger partial charge in [0.25, 0.3) is 0 Å². The van der Waals surface area contributed by atoms with Crippen LogP contribution in [0.15, 0.2) is 18.2 Å². The number of hydrogen-bond acceptors (Lipinski definition) is 3. The van der Waals surface area contributed by atoms with Gasteiger partial charge in [0.1, 0.15) is 0 Å². The Labute approximate surface area is 117 Å². The van der Waals surface area contributed by atoms with Crippen LogP contribution in [0.1, 0.15) is 12.0 Å². The predicted octanol–water partition coefficient (Wildman–Crippen LogP) is 1.80. The monoisotopic (exact) mass is 299 g/mol. The molecule has 0 aliphatic carbocycles. The number of fused-ring (bicyclic) bond motifs is 1. The smallest absolute Gasteiger partial charge is 0.227 e. The van der Waals surface area contributed by atoms with Crippen molar-refractivity contribution in [1.82, 2.24) is 0 Å². The molecule has 19 heavy (non-hydrogen) atoms. The number of hydrogen-bond donors (Lipinski definition) is 0. The molecule has 0 N–H and O–H groups in total. The lowest BCUT2D eigenvalue weighted by molar-refractivity contribution is -0.117. The van der Waals surface area contributed by atoms with E-state index in [9.17, 15) is 13.2 Å². The largest absolute Gasteiger partial charge is 0.308 e. The van der Waals surface area contributed by atoms with Gasteiger partial charge in [0.2, 0.25) is 5.91 Å². The second-order valence-electron chi connectivity index (χ2n) is 5.30. The topological polar surface area (TPSA) is 54.5 Å². The molecular formula is C13H14ClNO3S. The van der Waals surface area contributed by atoms with Crippen LogP contribution in [0.3, 0.4) is 0 Å². The molecule has 4 nitrogen and oxygen atoms in total. The standard InChI is InChI=1S/C13H14ClNO3S/c1-8-4-10(14)2-3-11(8)15-12-7-19(17,18)6-9(12)5-13(15)16/h2-4,9,12H,5-7H2,1H3/t9-,12-/m0/s1. The first-order valence-electron chi connectivity index (χ1n) is 6.16. The van der Waals surface area contributed by atoms with E-state index in [4.69, 9.17) is 11.6 Å². The zero-order valence-corrected chi connectivity index (χ0v) is 12.0. The van der Waals surface area contributed by atoms with Crippen molar-refractivity contribution in [2.75, 3.05) is 16.4 Å². The minimum atomic E-state index is -3.01. The molecule has 2 aliphatic rings. The third-order valence-electron chi connectivity index (χ3n) is 3.89. The van der Waals surface area contributed by atoms with Gasteiger partial charge in [0, 0.05) is 23.0 Å². The van der Waals surface area contributed by atoms with Crippen molar-refractivity contribution in [3.8, 4) is 0 Å². The van der Waals surface area contributed by atoms with Gasteiger partial charge >= 0.3 is 0 Å². The molecule has 0 aromatic heterocycles. The summed E-state index contributed by atoms with van der Waals surface area (Å²) in [6, 6.07) is 5.11. The molecule has 2 atom stereocenters. The molecule has 2 aliphatic heterocycles. The number of carbonyl (C=O) groups excluding carboxylic acids is 1. The lowest BCUT2D eigenvalue weighted by Gasteiger charge is -2.25. The summed E-state index contributed by atoms with van der Waals surface area (Å²) < 4.78 is 23.4. The maximum Gasteiger partial charge on any atom is 0.227 e. The van der Waals surface area contributed by atoms with Gasteiger partial charge in [-0.15, -0.1) is 0 Å². The minimum absolute atomic E-state index is 0.00956. The molecule has 0 bridgehead atoms. The first-order valence-corrected chi connectivity index (χ1v) is 8.36. The van der Waals surface area contributed by atoms with Crippen LogP contribution in [-0.4, -0.2) is 31.9 Å². The number of sulfone groups is 1. The van der Waals surface area contributed by atoms with Crippen LogP contribution in [0.5, 0.6) is 0 Å². The normalized spacial score (nSPS) is 28.7. The molecule has 1 amide bonds. The first kappa shape index (κ1) is 12.9. The van der Waals surface area contributed by atoms with Crippen LogP contribution in [0, 0.1) is 12.8 Å².